The fourth-order valence-electron chi connectivity index (χ4n) is 1.59. The Morgan fingerprint density at radius 3 is 3.09 bits per heavy atom. The zero-order chi connectivity index (χ0) is 7.68. The fraction of sp³-hybridized carbons (Fsp3) is 0.333. The SMILES string of the molecule is CB1CCc2ccccc2N1. The summed E-state index contributed by atoms with van der Waals surface area (Å²) < 4.78 is 0. The van der Waals surface area contributed by atoms with Crippen LogP contribution >= 0.6 is 0 Å². The summed E-state index contributed by atoms with van der Waals surface area (Å²) in [7, 11) is 0. The summed E-state index contributed by atoms with van der Waals surface area (Å²) in [4.78, 5) is 0. The monoisotopic (exact) mass is 145 g/mol. The van der Waals surface area contributed by atoms with Crippen LogP contribution in [0.2, 0.25) is 13.1 Å². The van der Waals surface area contributed by atoms with Crippen molar-refractivity contribution in [2.75, 3.05) is 5.23 Å². The van der Waals surface area contributed by atoms with E-state index in [2.05, 4.69) is 36.3 Å². The van der Waals surface area contributed by atoms with E-state index in [4.69, 9.17) is 0 Å². The van der Waals surface area contributed by atoms with Crippen LogP contribution in [0.5, 0.6) is 0 Å². The highest BCUT2D eigenvalue weighted by Gasteiger charge is 2.15. The van der Waals surface area contributed by atoms with Crippen molar-refractivity contribution in [2.24, 2.45) is 0 Å². The van der Waals surface area contributed by atoms with E-state index in [1.54, 1.807) is 0 Å². The van der Waals surface area contributed by atoms with Gasteiger partial charge in [-0.2, -0.15) is 0 Å². The third kappa shape index (κ3) is 1.25. The van der Waals surface area contributed by atoms with Crippen LogP contribution in [0.1, 0.15) is 5.56 Å². The molecule has 0 saturated carbocycles. The lowest BCUT2D eigenvalue weighted by atomic mass is 9.58. The zero-order valence-electron chi connectivity index (χ0n) is 6.80. The fourth-order valence-corrected chi connectivity index (χ4v) is 1.59. The maximum atomic E-state index is 3.46. The normalized spacial score (nSPS) is 15.5. The van der Waals surface area contributed by atoms with Gasteiger partial charge in [-0.1, -0.05) is 25.0 Å². The second-order valence-corrected chi connectivity index (χ2v) is 3.24. The number of nitrogens with one attached hydrogen (secondary N) is 1. The van der Waals surface area contributed by atoms with Crippen LogP contribution < -0.4 is 5.23 Å². The molecule has 11 heavy (non-hydrogen) atoms. The Bertz CT molecular complexity index is 259. The van der Waals surface area contributed by atoms with Crippen molar-refractivity contribution < 1.29 is 0 Å². The third-order valence-corrected chi connectivity index (χ3v) is 2.27. The quantitative estimate of drug-likeness (QED) is 0.552. The molecular formula is C9H12BN. The predicted molar refractivity (Wildman–Crippen MR) is 50.2 cm³/mol. The molecule has 0 saturated heterocycles. The Hall–Kier alpha value is -0.915. The first-order valence-corrected chi connectivity index (χ1v) is 4.21. The van der Waals surface area contributed by atoms with E-state index >= 15 is 0 Å². The Morgan fingerprint density at radius 1 is 1.36 bits per heavy atom. The van der Waals surface area contributed by atoms with Crippen molar-refractivity contribution >= 4 is 12.5 Å². The molecule has 0 aliphatic carbocycles. The summed E-state index contributed by atoms with van der Waals surface area (Å²) in [5.41, 5.74) is 2.79. The van der Waals surface area contributed by atoms with E-state index < -0.39 is 0 Å². The molecule has 1 aliphatic heterocycles. The maximum absolute atomic E-state index is 3.46. The highest BCUT2D eigenvalue weighted by molar-refractivity contribution is 6.61. The minimum atomic E-state index is 0.643. The number of hydrogen-bond acceptors (Lipinski definition) is 1. The molecule has 0 bridgehead atoms. The molecule has 1 aromatic rings. The van der Waals surface area contributed by atoms with Gasteiger partial charge < -0.3 is 5.23 Å². The van der Waals surface area contributed by atoms with E-state index in [1.807, 2.05) is 0 Å². The molecule has 1 aromatic carbocycles. The van der Waals surface area contributed by atoms with E-state index in [0.29, 0.717) is 6.85 Å². The average molecular weight is 145 g/mol. The third-order valence-electron chi connectivity index (χ3n) is 2.27. The number of aryl methyl sites for hydroxylation is 1. The van der Waals surface area contributed by atoms with Crippen LogP contribution in [-0.4, -0.2) is 6.85 Å². The van der Waals surface area contributed by atoms with Gasteiger partial charge >= 0.3 is 0 Å². The summed E-state index contributed by atoms with van der Waals surface area (Å²) in [6.45, 7) is 2.88. The van der Waals surface area contributed by atoms with Crippen LogP contribution in [0, 0.1) is 0 Å². The Balaban J connectivity index is 2.34. The van der Waals surface area contributed by atoms with Crippen molar-refractivity contribution in [3.63, 3.8) is 0 Å². The molecule has 0 fully saturated rings. The van der Waals surface area contributed by atoms with Crippen LogP contribution in [0.15, 0.2) is 24.3 Å². The summed E-state index contributed by atoms with van der Waals surface area (Å²) in [6, 6.07) is 8.56. The van der Waals surface area contributed by atoms with Gasteiger partial charge in [0.25, 0.3) is 0 Å². The smallest absolute Gasteiger partial charge is 0.248 e. The van der Waals surface area contributed by atoms with Gasteiger partial charge in [-0.15, -0.1) is 0 Å². The van der Waals surface area contributed by atoms with Gasteiger partial charge in [-0.3, -0.25) is 0 Å². The van der Waals surface area contributed by atoms with Gasteiger partial charge in [0, 0.05) is 5.69 Å². The molecule has 0 radical (unpaired) electrons. The van der Waals surface area contributed by atoms with Crippen LogP contribution in [0.25, 0.3) is 0 Å². The molecule has 1 nitrogen and oxygen atoms in total. The second kappa shape index (κ2) is 2.61. The molecule has 1 aliphatic rings. The van der Waals surface area contributed by atoms with Crippen LogP contribution in [-0.2, 0) is 6.42 Å². The lowest BCUT2D eigenvalue weighted by Crippen LogP contribution is -2.25. The van der Waals surface area contributed by atoms with Gasteiger partial charge in [-0.05, 0) is 24.4 Å². The lowest BCUT2D eigenvalue weighted by Gasteiger charge is -2.21. The van der Waals surface area contributed by atoms with E-state index in [1.165, 1.54) is 24.0 Å². The standard InChI is InChI=1S/C9H12BN/c1-10-7-6-8-4-2-3-5-9(8)11-10/h2-5,11H,6-7H2,1H3. The Kier molecular flexibility index (Phi) is 1.61. The van der Waals surface area contributed by atoms with Gasteiger partial charge in [0.05, 0.1) is 0 Å². The van der Waals surface area contributed by atoms with Gasteiger partial charge in [0.2, 0.25) is 6.85 Å². The number of rotatable bonds is 0. The molecular weight excluding hydrogens is 133 g/mol. The minimum absolute atomic E-state index is 0.643. The molecule has 1 N–H and O–H groups in total. The van der Waals surface area contributed by atoms with Crippen LogP contribution in [0.3, 0.4) is 0 Å². The van der Waals surface area contributed by atoms with Gasteiger partial charge in [-0.25, -0.2) is 0 Å². The van der Waals surface area contributed by atoms with Crippen molar-refractivity contribution in [1.29, 1.82) is 0 Å². The summed E-state index contributed by atoms with van der Waals surface area (Å²) in [5.74, 6) is 0. The molecule has 2 rings (SSSR count). The molecule has 0 spiro atoms. The largest absolute Gasteiger partial charge is 0.428 e. The first kappa shape index (κ1) is 6.77. The number of fused-ring (bicyclic) bond motifs is 1. The minimum Gasteiger partial charge on any atom is -0.428 e. The van der Waals surface area contributed by atoms with E-state index in [0.717, 1.165) is 0 Å². The van der Waals surface area contributed by atoms with Crippen molar-refractivity contribution in [3.05, 3.63) is 29.8 Å². The topological polar surface area (TPSA) is 12.0 Å². The van der Waals surface area contributed by atoms with Crippen LogP contribution in [0.4, 0.5) is 5.69 Å². The molecule has 2 heteroatoms. The number of anilines is 1. The van der Waals surface area contributed by atoms with E-state index in [9.17, 15) is 0 Å². The first-order chi connectivity index (χ1) is 5.36. The summed E-state index contributed by atoms with van der Waals surface area (Å²) >= 11 is 0. The highest BCUT2D eigenvalue weighted by Crippen LogP contribution is 2.22. The molecule has 0 unspecified atom stereocenters. The maximum Gasteiger partial charge on any atom is 0.248 e. The van der Waals surface area contributed by atoms with Crippen molar-refractivity contribution in [2.45, 2.75) is 19.6 Å². The van der Waals surface area contributed by atoms with Gasteiger partial charge in [0.1, 0.15) is 0 Å². The highest BCUT2D eigenvalue weighted by atomic mass is 14.8. The first-order valence-electron chi connectivity index (χ1n) is 4.21. The molecule has 1 heterocycles. The molecule has 0 atom stereocenters. The summed E-state index contributed by atoms with van der Waals surface area (Å²) in [6.07, 6.45) is 2.49. The Morgan fingerprint density at radius 2 is 2.18 bits per heavy atom. The number of benzene rings is 1. The predicted octanol–water partition coefficient (Wildman–Crippen LogP) is 2.28. The van der Waals surface area contributed by atoms with Crippen molar-refractivity contribution in [1.82, 2.24) is 0 Å². The van der Waals surface area contributed by atoms with E-state index in [-0.39, 0.29) is 0 Å². The average Bonchev–Trinajstić information content (AvgIpc) is 2.04. The molecule has 0 amide bonds. The molecule has 56 valence electrons. The Labute approximate surface area is 67.9 Å². The number of hydrogen-bond donors (Lipinski definition) is 1. The summed E-state index contributed by atoms with van der Waals surface area (Å²) in [5, 5.41) is 3.46. The van der Waals surface area contributed by atoms with Gasteiger partial charge in [0.15, 0.2) is 0 Å². The lowest BCUT2D eigenvalue weighted by molar-refractivity contribution is 1.09. The van der Waals surface area contributed by atoms with Crippen molar-refractivity contribution in [3.8, 4) is 0 Å². The molecule has 0 aromatic heterocycles. The number of para-hydroxylation sites is 1. The second-order valence-electron chi connectivity index (χ2n) is 3.24. The zero-order valence-corrected chi connectivity index (χ0v) is 6.80.